The van der Waals surface area contributed by atoms with Crippen LogP contribution in [0.3, 0.4) is 0 Å². The summed E-state index contributed by atoms with van der Waals surface area (Å²) in [6.45, 7) is 2.55. The van der Waals surface area contributed by atoms with E-state index in [9.17, 15) is 14.4 Å². The SMILES string of the molecule is COC(=O)C1=C(C(=O)OC)N(c2ccccc2C(=O)N2CCN(c3ccccc3)CC2)C=CC=C1. The number of carbonyl (C=O) groups is 3. The zero-order valence-electron chi connectivity index (χ0n) is 19.7. The zero-order valence-corrected chi connectivity index (χ0v) is 19.7. The molecule has 0 aliphatic carbocycles. The lowest BCUT2D eigenvalue weighted by Crippen LogP contribution is -2.49. The Morgan fingerprint density at radius 1 is 0.771 bits per heavy atom. The van der Waals surface area contributed by atoms with Crippen molar-refractivity contribution in [2.24, 2.45) is 0 Å². The molecular formula is C27H27N3O5. The molecule has 0 aromatic heterocycles. The van der Waals surface area contributed by atoms with Crippen LogP contribution in [0.2, 0.25) is 0 Å². The number of allylic oxidation sites excluding steroid dienone is 2. The summed E-state index contributed by atoms with van der Waals surface area (Å²) in [4.78, 5) is 44.4. The molecule has 2 aromatic rings. The maximum Gasteiger partial charge on any atom is 0.355 e. The van der Waals surface area contributed by atoms with E-state index >= 15 is 0 Å². The van der Waals surface area contributed by atoms with Gasteiger partial charge >= 0.3 is 11.9 Å². The molecule has 1 fully saturated rings. The van der Waals surface area contributed by atoms with E-state index in [0.29, 0.717) is 37.4 Å². The van der Waals surface area contributed by atoms with Crippen molar-refractivity contribution in [1.82, 2.24) is 4.90 Å². The number of nitrogens with zero attached hydrogens (tertiary/aromatic N) is 3. The maximum atomic E-state index is 13.6. The standard InChI is InChI=1S/C27H27N3O5/c1-34-26(32)22-13-8-9-15-30(24(22)27(33)35-2)23-14-7-6-12-21(23)25(31)29-18-16-28(17-19-29)20-10-4-3-5-11-20/h3-15H,16-19H2,1-2H3. The summed E-state index contributed by atoms with van der Waals surface area (Å²) >= 11 is 0. The molecule has 2 heterocycles. The van der Waals surface area contributed by atoms with Crippen LogP contribution in [-0.2, 0) is 19.1 Å². The molecule has 35 heavy (non-hydrogen) atoms. The van der Waals surface area contributed by atoms with Crippen molar-refractivity contribution in [3.63, 3.8) is 0 Å². The van der Waals surface area contributed by atoms with Crippen molar-refractivity contribution < 1.29 is 23.9 Å². The molecule has 0 unspecified atom stereocenters. The number of benzene rings is 2. The molecule has 0 N–H and O–H groups in total. The number of carbonyl (C=O) groups excluding carboxylic acids is 3. The van der Waals surface area contributed by atoms with Gasteiger partial charge < -0.3 is 24.2 Å². The molecule has 0 bridgehead atoms. The number of amides is 1. The van der Waals surface area contributed by atoms with Crippen molar-refractivity contribution in [3.05, 3.63) is 95.9 Å². The molecule has 4 rings (SSSR count). The van der Waals surface area contributed by atoms with Crippen LogP contribution in [0.1, 0.15) is 10.4 Å². The van der Waals surface area contributed by atoms with Gasteiger partial charge in [-0.15, -0.1) is 0 Å². The summed E-state index contributed by atoms with van der Waals surface area (Å²) in [5.41, 5.74) is 2.01. The molecule has 180 valence electrons. The van der Waals surface area contributed by atoms with E-state index < -0.39 is 11.9 Å². The highest BCUT2D eigenvalue weighted by Gasteiger charge is 2.31. The second kappa shape index (κ2) is 10.7. The Kier molecular flexibility index (Phi) is 7.30. The van der Waals surface area contributed by atoms with Crippen LogP contribution in [0.15, 0.2) is 90.3 Å². The maximum absolute atomic E-state index is 13.6. The predicted molar refractivity (Wildman–Crippen MR) is 133 cm³/mol. The van der Waals surface area contributed by atoms with Gasteiger partial charge in [-0.3, -0.25) is 4.79 Å². The van der Waals surface area contributed by atoms with E-state index in [2.05, 4.69) is 17.0 Å². The summed E-state index contributed by atoms with van der Waals surface area (Å²) in [5, 5.41) is 0. The minimum Gasteiger partial charge on any atom is -0.465 e. The van der Waals surface area contributed by atoms with E-state index in [0.717, 1.165) is 5.69 Å². The topological polar surface area (TPSA) is 79.4 Å². The van der Waals surface area contributed by atoms with Gasteiger partial charge in [0.1, 0.15) is 5.70 Å². The minimum absolute atomic E-state index is 0.0292. The molecule has 2 aromatic carbocycles. The van der Waals surface area contributed by atoms with E-state index in [1.165, 1.54) is 25.2 Å². The van der Waals surface area contributed by atoms with Crippen LogP contribution in [0.25, 0.3) is 0 Å². The summed E-state index contributed by atoms with van der Waals surface area (Å²) in [7, 11) is 2.48. The largest absolute Gasteiger partial charge is 0.465 e. The highest BCUT2D eigenvalue weighted by molar-refractivity contribution is 6.07. The fourth-order valence-electron chi connectivity index (χ4n) is 4.19. The number of ether oxygens (including phenoxy) is 2. The summed E-state index contributed by atoms with van der Waals surface area (Å²) in [5.74, 6) is -1.56. The molecule has 1 amide bonds. The third-order valence-electron chi connectivity index (χ3n) is 5.97. The smallest absolute Gasteiger partial charge is 0.355 e. The molecule has 0 radical (unpaired) electrons. The monoisotopic (exact) mass is 473 g/mol. The third kappa shape index (κ3) is 4.96. The van der Waals surface area contributed by atoms with Crippen LogP contribution >= 0.6 is 0 Å². The fraction of sp³-hybridized carbons (Fsp3) is 0.222. The second-order valence-corrected chi connectivity index (χ2v) is 7.95. The average Bonchev–Trinajstić information content (AvgIpc) is 3.15. The Bertz CT molecular complexity index is 1190. The van der Waals surface area contributed by atoms with Gasteiger partial charge in [0, 0.05) is 38.1 Å². The van der Waals surface area contributed by atoms with Gasteiger partial charge in [0.2, 0.25) is 0 Å². The highest BCUT2D eigenvalue weighted by Crippen LogP contribution is 2.30. The van der Waals surface area contributed by atoms with Crippen LogP contribution in [0.4, 0.5) is 11.4 Å². The van der Waals surface area contributed by atoms with Crippen LogP contribution in [-0.4, -0.2) is 63.1 Å². The molecule has 2 aliphatic rings. The molecule has 1 saturated heterocycles. The highest BCUT2D eigenvalue weighted by atomic mass is 16.5. The zero-order chi connectivity index (χ0) is 24.8. The number of hydrogen-bond acceptors (Lipinski definition) is 7. The molecule has 8 nitrogen and oxygen atoms in total. The quantitative estimate of drug-likeness (QED) is 0.618. The van der Waals surface area contributed by atoms with E-state index in [1.54, 1.807) is 47.5 Å². The van der Waals surface area contributed by atoms with Gasteiger partial charge in [0.15, 0.2) is 0 Å². The lowest BCUT2D eigenvalue weighted by atomic mass is 10.1. The second-order valence-electron chi connectivity index (χ2n) is 7.95. The number of piperazine rings is 1. The molecule has 8 heteroatoms. The van der Waals surface area contributed by atoms with Gasteiger partial charge in [0.25, 0.3) is 5.91 Å². The van der Waals surface area contributed by atoms with Gasteiger partial charge in [0.05, 0.1) is 31.0 Å². The van der Waals surface area contributed by atoms with Crippen LogP contribution in [0, 0.1) is 0 Å². The first kappa shape index (κ1) is 23.8. The summed E-state index contributed by atoms with van der Waals surface area (Å²) in [6, 6.07) is 17.1. The Morgan fingerprint density at radius 3 is 2.11 bits per heavy atom. The van der Waals surface area contributed by atoms with Gasteiger partial charge in [-0.2, -0.15) is 0 Å². The summed E-state index contributed by atoms with van der Waals surface area (Å²) < 4.78 is 9.86. The normalized spacial score (nSPS) is 15.7. The minimum atomic E-state index is -0.722. The number of hydrogen-bond donors (Lipinski definition) is 0. The number of para-hydroxylation sites is 2. The van der Waals surface area contributed by atoms with Crippen molar-refractivity contribution in [2.75, 3.05) is 50.2 Å². The van der Waals surface area contributed by atoms with E-state index in [4.69, 9.17) is 9.47 Å². The van der Waals surface area contributed by atoms with Gasteiger partial charge in [-0.25, -0.2) is 9.59 Å². The lowest BCUT2D eigenvalue weighted by molar-refractivity contribution is -0.139. The Labute approximate surface area is 204 Å². The van der Waals surface area contributed by atoms with Crippen molar-refractivity contribution in [3.8, 4) is 0 Å². The fourth-order valence-corrected chi connectivity index (χ4v) is 4.19. The van der Waals surface area contributed by atoms with Crippen LogP contribution in [0.5, 0.6) is 0 Å². The van der Waals surface area contributed by atoms with E-state index in [-0.39, 0.29) is 17.2 Å². The Morgan fingerprint density at radius 2 is 1.43 bits per heavy atom. The first-order valence-electron chi connectivity index (χ1n) is 11.3. The third-order valence-corrected chi connectivity index (χ3v) is 5.97. The number of anilines is 2. The Balaban J connectivity index is 1.65. The van der Waals surface area contributed by atoms with E-state index in [1.807, 2.05) is 18.2 Å². The molecule has 2 aliphatic heterocycles. The number of methoxy groups -OCH3 is 2. The van der Waals surface area contributed by atoms with Crippen molar-refractivity contribution in [1.29, 1.82) is 0 Å². The van der Waals surface area contributed by atoms with Crippen LogP contribution < -0.4 is 9.80 Å². The molecular weight excluding hydrogens is 446 g/mol. The first-order chi connectivity index (χ1) is 17.0. The van der Waals surface area contributed by atoms with Gasteiger partial charge in [-0.1, -0.05) is 36.4 Å². The summed E-state index contributed by atoms with van der Waals surface area (Å²) in [6.07, 6.45) is 6.42. The molecule has 0 spiro atoms. The Hall–Kier alpha value is -4.33. The van der Waals surface area contributed by atoms with Crippen molar-refractivity contribution in [2.45, 2.75) is 0 Å². The predicted octanol–water partition coefficient (Wildman–Crippen LogP) is 3.14. The number of esters is 2. The average molecular weight is 474 g/mol. The lowest BCUT2D eigenvalue weighted by Gasteiger charge is -2.36. The first-order valence-corrected chi connectivity index (χ1v) is 11.3. The molecule has 0 saturated carbocycles. The van der Waals surface area contributed by atoms with Crippen molar-refractivity contribution >= 4 is 29.2 Å². The molecule has 0 atom stereocenters. The number of rotatable bonds is 5. The van der Waals surface area contributed by atoms with Gasteiger partial charge in [-0.05, 0) is 36.4 Å².